The molecular formula is C23H37N5O6S. The Labute approximate surface area is 210 Å². The number of unbranched alkanes of at least 4 members (excludes halogenated alkanes) is 1. The third-order valence-electron chi connectivity index (χ3n) is 5.41. The lowest BCUT2D eigenvalue weighted by Crippen LogP contribution is -2.58. The summed E-state index contributed by atoms with van der Waals surface area (Å²) >= 11 is 4.12. The van der Waals surface area contributed by atoms with Crippen LogP contribution in [0.15, 0.2) is 24.3 Å². The van der Waals surface area contributed by atoms with Crippen molar-refractivity contribution in [2.45, 2.75) is 63.7 Å². The molecule has 9 N–H and O–H groups in total. The van der Waals surface area contributed by atoms with Gasteiger partial charge in [-0.25, -0.2) is 4.79 Å². The Hall–Kier alpha value is -2.83. The molecule has 0 bridgehead atoms. The van der Waals surface area contributed by atoms with Gasteiger partial charge in [0.15, 0.2) is 0 Å². The molecule has 196 valence electrons. The van der Waals surface area contributed by atoms with Crippen molar-refractivity contribution < 1.29 is 29.4 Å². The van der Waals surface area contributed by atoms with Crippen molar-refractivity contribution in [3.05, 3.63) is 29.8 Å². The Bertz CT molecular complexity index is 851. The second-order valence-electron chi connectivity index (χ2n) is 8.63. The number of carboxylic acid groups (broad SMARTS) is 1. The molecular weight excluding hydrogens is 474 g/mol. The number of amides is 3. The van der Waals surface area contributed by atoms with Gasteiger partial charge in [0.2, 0.25) is 17.7 Å². The summed E-state index contributed by atoms with van der Waals surface area (Å²) in [5, 5.41) is 26.5. The summed E-state index contributed by atoms with van der Waals surface area (Å²) in [6.07, 6.45) is 1.47. The van der Waals surface area contributed by atoms with Crippen LogP contribution in [-0.2, 0) is 25.6 Å². The van der Waals surface area contributed by atoms with Crippen molar-refractivity contribution in [2.24, 2.45) is 17.4 Å². The number of aromatic hydroxyl groups is 1. The molecule has 0 saturated carbocycles. The fourth-order valence-electron chi connectivity index (χ4n) is 3.14. The number of nitrogens with one attached hydrogen (secondary N) is 3. The predicted octanol–water partition coefficient (Wildman–Crippen LogP) is -0.484. The average molecular weight is 512 g/mol. The Kier molecular flexibility index (Phi) is 13.1. The second kappa shape index (κ2) is 15.2. The maximum absolute atomic E-state index is 12.9. The van der Waals surface area contributed by atoms with E-state index in [0.717, 1.165) is 0 Å². The van der Waals surface area contributed by atoms with E-state index in [4.69, 9.17) is 11.5 Å². The van der Waals surface area contributed by atoms with Crippen molar-refractivity contribution in [1.82, 2.24) is 16.0 Å². The Morgan fingerprint density at radius 1 is 0.914 bits per heavy atom. The molecule has 0 aliphatic rings. The molecule has 0 saturated heterocycles. The van der Waals surface area contributed by atoms with Crippen LogP contribution < -0.4 is 27.4 Å². The van der Waals surface area contributed by atoms with Crippen LogP contribution in [0.5, 0.6) is 5.75 Å². The van der Waals surface area contributed by atoms with Crippen molar-refractivity contribution in [3.8, 4) is 5.75 Å². The number of hydrogen-bond donors (Lipinski definition) is 8. The number of phenolic OH excluding ortho intramolecular Hbond substituents is 1. The minimum absolute atomic E-state index is 0.0283. The van der Waals surface area contributed by atoms with Gasteiger partial charge in [-0.3, -0.25) is 14.4 Å². The molecule has 1 aromatic rings. The molecule has 12 heteroatoms. The molecule has 3 amide bonds. The van der Waals surface area contributed by atoms with Gasteiger partial charge < -0.3 is 37.6 Å². The molecule has 1 rings (SSSR count). The minimum atomic E-state index is -1.27. The molecule has 4 atom stereocenters. The van der Waals surface area contributed by atoms with E-state index in [0.29, 0.717) is 31.4 Å². The molecule has 0 aliphatic heterocycles. The molecule has 4 unspecified atom stereocenters. The van der Waals surface area contributed by atoms with Crippen LogP contribution in [0.25, 0.3) is 0 Å². The van der Waals surface area contributed by atoms with Gasteiger partial charge in [0.25, 0.3) is 0 Å². The number of carbonyl (C=O) groups excluding carboxylic acids is 3. The molecule has 0 aliphatic carbocycles. The topological polar surface area (TPSA) is 197 Å². The molecule has 11 nitrogen and oxygen atoms in total. The first kappa shape index (κ1) is 30.2. The van der Waals surface area contributed by atoms with E-state index < -0.39 is 47.9 Å². The van der Waals surface area contributed by atoms with Crippen LogP contribution in [0.2, 0.25) is 0 Å². The number of thiol groups is 1. The maximum Gasteiger partial charge on any atom is 0.326 e. The van der Waals surface area contributed by atoms with E-state index >= 15 is 0 Å². The molecule has 0 spiro atoms. The number of carbonyl (C=O) groups is 4. The first-order valence-electron chi connectivity index (χ1n) is 11.5. The van der Waals surface area contributed by atoms with Crippen LogP contribution in [0.3, 0.4) is 0 Å². The zero-order valence-electron chi connectivity index (χ0n) is 20.1. The van der Waals surface area contributed by atoms with E-state index in [-0.39, 0.29) is 23.8 Å². The number of carboxylic acids is 1. The lowest BCUT2D eigenvalue weighted by Gasteiger charge is -2.25. The summed E-state index contributed by atoms with van der Waals surface area (Å²) in [4.78, 5) is 49.8. The number of rotatable bonds is 15. The van der Waals surface area contributed by atoms with Crippen LogP contribution in [0.4, 0.5) is 0 Å². The highest BCUT2D eigenvalue weighted by Gasteiger charge is 2.30. The van der Waals surface area contributed by atoms with Crippen molar-refractivity contribution >= 4 is 36.3 Å². The summed E-state index contributed by atoms with van der Waals surface area (Å²) in [6.45, 7) is 3.99. The van der Waals surface area contributed by atoms with Gasteiger partial charge in [0, 0.05) is 12.2 Å². The standard InChI is InChI=1S/C23H37N5O6S/c1-13(2)19(25)22(32)26-16(5-3-4-10-24)20(30)28-18(12-35)21(31)27-17(23(33)34)11-14-6-8-15(29)9-7-14/h6-9,13,16-19,29,35H,3-5,10-12,24-25H2,1-2H3,(H,26,32)(H,27,31)(H,28,30)(H,33,34). The van der Waals surface area contributed by atoms with Crippen molar-refractivity contribution in [1.29, 1.82) is 0 Å². The summed E-state index contributed by atoms with van der Waals surface area (Å²) in [5.41, 5.74) is 12.0. The highest BCUT2D eigenvalue weighted by molar-refractivity contribution is 7.80. The lowest BCUT2D eigenvalue weighted by atomic mass is 10.0. The maximum atomic E-state index is 12.9. The Morgan fingerprint density at radius 3 is 1.97 bits per heavy atom. The van der Waals surface area contributed by atoms with Gasteiger partial charge in [-0.1, -0.05) is 26.0 Å². The summed E-state index contributed by atoms with van der Waals surface area (Å²) < 4.78 is 0. The van der Waals surface area contributed by atoms with Gasteiger partial charge in [-0.15, -0.1) is 0 Å². The largest absolute Gasteiger partial charge is 0.508 e. The summed E-state index contributed by atoms with van der Waals surface area (Å²) in [6, 6.07) is 1.77. The first-order valence-corrected chi connectivity index (χ1v) is 12.1. The molecule has 1 aromatic carbocycles. The first-order chi connectivity index (χ1) is 16.5. The SMILES string of the molecule is CC(C)C(N)C(=O)NC(CCCCN)C(=O)NC(CS)C(=O)NC(Cc1ccc(O)cc1)C(=O)O. The van der Waals surface area contributed by atoms with Crippen molar-refractivity contribution in [2.75, 3.05) is 12.3 Å². The number of aliphatic carboxylic acids is 1. The third-order valence-corrected chi connectivity index (χ3v) is 5.77. The lowest BCUT2D eigenvalue weighted by molar-refractivity contribution is -0.142. The predicted molar refractivity (Wildman–Crippen MR) is 135 cm³/mol. The molecule has 0 radical (unpaired) electrons. The van der Waals surface area contributed by atoms with E-state index in [1.165, 1.54) is 12.1 Å². The highest BCUT2D eigenvalue weighted by Crippen LogP contribution is 2.12. The number of hydrogen-bond acceptors (Lipinski definition) is 8. The highest BCUT2D eigenvalue weighted by atomic mass is 32.1. The smallest absolute Gasteiger partial charge is 0.326 e. The average Bonchev–Trinajstić information content (AvgIpc) is 2.81. The molecule has 0 fully saturated rings. The molecule has 0 aromatic heterocycles. The second-order valence-corrected chi connectivity index (χ2v) is 8.99. The zero-order valence-corrected chi connectivity index (χ0v) is 21.0. The van der Waals surface area contributed by atoms with Crippen LogP contribution in [-0.4, -0.2) is 70.4 Å². The van der Waals surface area contributed by atoms with Gasteiger partial charge in [-0.2, -0.15) is 12.6 Å². The number of nitrogens with two attached hydrogens (primary N) is 2. The van der Waals surface area contributed by atoms with E-state index in [1.807, 2.05) is 0 Å². The Morgan fingerprint density at radius 2 is 1.46 bits per heavy atom. The summed E-state index contributed by atoms with van der Waals surface area (Å²) in [7, 11) is 0. The summed E-state index contributed by atoms with van der Waals surface area (Å²) in [5.74, 6) is -3.29. The van der Waals surface area contributed by atoms with Gasteiger partial charge in [-0.05, 0) is 49.4 Å². The molecule has 35 heavy (non-hydrogen) atoms. The quantitative estimate of drug-likeness (QED) is 0.114. The van der Waals surface area contributed by atoms with Crippen molar-refractivity contribution in [3.63, 3.8) is 0 Å². The van der Waals surface area contributed by atoms with Gasteiger partial charge >= 0.3 is 5.97 Å². The van der Waals surface area contributed by atoms with Crippen LogP contribution >= 0.6 is 12.6 Å². The number of benzene rings is 1. The fraction of sp³-hybridized carbons (Fsp3) is 0.565. The fourth-order valence-corrected chi connectivity index (χ4v) is 3.40. The third kappa shape index (κ3) is 10.5. The van der Waals surface area contributed by atoms with E-state index in [2.05, 4.69) is 28.6 Å². The number of phenols is 1. The zero-order chi connectivity index (χ0) is 26.5. The minimum Gasteiger partial charge on any atom is -0.508 e. The Balaban J connectivity index is 2.88. The van der Waals surface area contributed by atoms with Gasteiger partial charge in [0.1, 0.15) is 23.9 Å². The van der Waals surface area contributed by atoms with Crippen LogP contribution in [0.1, 0.15) is 38.7 Å². The van der Waals surface area contributed by atoms with Crippen LogP contribution in [0, 0.1) is 5.92 Å². The monoisotopic (exact) mass is 511 g/mol. The van der Waals surface area contributed by atoms with E-state index in [9.17, 15) is 29.4 Å². The normalized spacial score (nSPS) is 14.5. The van der Waals surface area contributed by atoms with Gasteiger partial charge in [0.05, 0.1) is 6.04 Å². The van der Waals surface area contributed by atoms with E-state index in [1.54, 1.807) is 26.0 Å². The molecule has 0 heterocycles.